The Morgan fingerprint density at radius 3 is 2.30 bits per heavy atom. The van der Waals surface area contributed by atoms with Gasteiger partial charge in [-0.3, -0.25) is 4.79 Å². The molecule has 0 radical (unpaired) electrons. The number of likely N-dealkylation sites (tertiary alicyclic amines) is 1. The molecule has 3 amide bonds. The Bertz CT molecular complexity index is 973. The molecule has 0 aliphatic carbocycles. The van der Waals surface area contributed by atoms with Crippen LogP contribution < -0.4 is 20.7 Å². The molecule has 0 saturated carbocycles. The quantitative estimate of drug-likeness (QED) is 0.693. The highest BCUT2D eigenvalue weighted by Crippen LogP contribution is 2.27. The van der Waals surface area contributed by atoms with Gasteiger partial charge in [0.2, 0.25) is 0 Å². The number of nitrogens with zero attached hydrogens (tertiary/aromatic N) is 3. The SMILES string of the molecule is COc1ccc(NC(=O)N2CCCN(c3ccc(N)cc3C(=O)N3CCCCC3)CC2)cc1. The lowest BCUT2D eigenvalue weighted by atomic mass is 10.1. The van der Waals surface area contributed by atoms with E-state index in [0.29, 0.717) is 30.9 Å². The van der Waals surface area contributed by atoms with Crippen molar-refractivity contribution in [1.29, 1.82) is 0 Å². The van der Waals surface area contributed by atoms with Crippen LogP contribution in [-0.2, 0) is 0 Å². The molecule has 0 aromatic heterocycles. The Labute approximate surface area is 195 Å². The van der Waals surface area contributed by atoms with Crippen LogP contribution in [0.2, 0.25) is 0 Å². The highest BCUT2D eigenvalue weighted by Gasteiger charge is 2.25. The molecule has 2 aromatic carbocycles. The molecule has 2 saturated heterocycles. The Morgan fingerprint density at radius 1 is 0.848 bits per heavy atom. The van der Waals surface area contributed by atoms with E-state index in [2.05, 4.69) is 10.2 Å². The van der Waals surface area contributed by atoms with Crippen molar-refractivity contribution in [3.05, 3.63) is 48.0 Å². The number of benzene rings is 2. The number of urea groups is 1. The van der Waals surface area contributed by atoms with E-state index >= 15 is 0 Å². The lowest BCUT2D eigenvalue weighted by Gasteiger charge is -2.30. The molecular weight excluding hydrogens is 418 g/mol. The number of hydrogen-bond acceptors (Lipinski definition) is 5. The topological polar surface area (TPSA) is 91.1 Å². The molecule has 0 spiro atoms. The van der Waals surface area contributed by atoms with Gasteiger partial charge in [-0.1, -0.05) is 0 Å². The summed E-state index contributed by atoms with van der Waals surface area (Å²) in [7, 11) is 1.61. The van der Waals surface area contributed by atoms with Gasteiger partial charge in [-0.15, -0.1) is 0 Å². The summed E-state index contributed by atoms with van der Waals surface area (Å²) in [5.74, 6) is 0.798. The minimum atomic E-state index is -0.121. The minimum Gasteiger partial charge on any atom is -0.497 e. The van der Waals surface area contributed by atoms with E-state index in [0.717, 1.165) is 56.0 Å². The molecule has 2 aromatic rings. The summed E-state index contributed by atoms with van der Waals surface area (Å²) in [6, 6.07) is 12.8. The zero-order valence-electron chi connectivity index (χ0n) is 19.3. The molecule has 0 atom stereocenters. The van der Waals surface area contributed by atoms with Gasteiger partial charge in [-0.05, 0) is 68.1 Å². The molecule has 2 aliphatic rings. The Hall–Kier alpha value is -3.42. The third-order valence-electron chi connectivity index (χ3n) is 6.36. The van der Waals surface area contributed by atoms with Crippen molar-refractivity contribution < 1.29 is 14.3 Å². The largest absolute Gasteiger partial charge is 0.497 e. The van der Waals surface area contributed by atoms with E-state index in [9.17, 15) is 9.59 Å². The van der Waals surface area contributed by atoms with Crippen molar-refractivity contribution >= 4 is 29.0 Å². The van der Waals surface area contributed by atoms with Crippen LogP contribution in [-0.4, -0.2) is 68.1 Å². The van der Waals surface area contributed by atoms with Crippen LogP contribution in [0.25, 0.3) is 0 Å². The molecule has 176 valence electrons. The van der Waals surface area contributed by atoms with Crippen LogP contribution in [0.1, 0.15) is 36.0 Å². The van der Waals surface area contributed by atoms with Gasteiger partial charge in [0.15, 0.2) is 0 Å². The summed E-state index contributed by atoms with van der Waals surface area (Å²) in [4.78, 5) is 32.1. The first-order chi connectivity index (χ1) is 16.0. The number of carbonyl (C=O) groups is 2. The van der Waals surface area contributed by atoms with E-state index in [1.54, 1.807) is 13.2 Å². The fourth-order valence-corrected chi connectivity index (χ4v) is 4.51. The van der Waals surface area contributed by atoms with Gasteiger partial charge in [0.25, 0.3) is 5.91 Å². The fraction of sp³-hybridized carbons (Fsp3) is 0.440. The van der Waals surface area contributed by atoms with Crippen molar-refractivity contribution in [2.24, 2.45) is 0 Å². The van der Waals surface area contributed by atoms with E-state index in [1.165, 1.54) is 6.42 Å². The third kappa shape index (κ3) is 5.50. The zero-order chi connectivity index (χ0) is 23.2. The summed E-state index contributed by atoms with van der Waals surface area (Å²) >= 11 is 0. The van der Waals surface area contributed by atoms with Crippen molar-refractivity contribution in [3.63, 3.8) is 0 Å². The van der Waals surface area contributed by atoms with Crippen LogP contribution >= 0.6 is 0 Å². The van der Waals surface area contributed by atoms with Gasteiger partial charge in [-0.2, -0.15) is 0 Å². The second-order valence-corrected chi connectivity index (χ2v) is 8.62. The lowest BCUT2D eigenvalue weighted by molar-refractivity contribution is 0.0725. The average Bonchev–Trinajstić information content (AvgIpc) is 3.11. The summed E-state index contributed by atoms with van der Waals surface area (Å²) in [6.07, 6.45) is 4.09. The van der Waals surface area contributed by atoms with Crippen LogP contribution in [0.4, 0.5) is 21.9 Å². The average molecular weight is 452 g/mol. The molecule has 0 unspecified atom stereocenters. The number of hydrogen-bond donors (Lipinski definition) is 2. The number of nitrogens with one attached hydrogen (secondary N) is 1. The Kier molecular flexibility index (Phi) is 7.22. The van der Waals surface area contributed by atoms with Crippen molar-refractivity contribution in [2.75, 3.05) is 62.3 Å². The van der Waals surface area contributed by atoms with Gasteiger partial charge in [0.05, 0.1) is 12.7 Å². The van der Waals surface area contributed by atoms with Crippen LogP contribution in [0.3, 0.4) is 0 Å². The molecule has 4 rings (SSSR count). The molecule has 3 N–H and O–H groups in total. The highest BCUT2D eigenvalue weighted by atomic mass is 16.5. The molecule has 0 bridgehead atoms. The monoisotopic (exact) mass is 451 g/mol. The summed E-state index contributed by atoms with van der Waals surface area (Å²) in [5, 5.41) is 2.96. The zero-order valence-corrected chi connectivity index (χ0v) is 19.3. The highest BCUT2D eigenvalue weighted by molar-refractivity contribution is 6.01. The maximum atomic E-state index is 13.3. The maximum Gasteiger partial charge on any atom is 0.321 e. The number of piperidine rings is 1. The van der Waals surface area contributed by atoms with E-state index < -0.39 is 0 Å². The van der Waals surface area contributed by atoms with Gasteiger partial charge >= 0.3 is 6.03 Å². The van der Waals surface area contributed by atoms with Gasteiger partial charge in [0, 0.05) is 56.3 Å². The first-order valence-electron chi connectivity index (χ1n) is 11.7. The van der Waals surface area contributed by atoms with Gasteiger partial charge < -0.3 is 30.5 Å². The molecule has 2 heterocycles. The minimum absolute atomic E-state index is 0.0513. The Morgan fingerprint density at radius 2 is 1.58 bits per heavy atom. The standard InChI is InChI=1S/C25H33N5O3/c1-33-21-9-7-20(8-10-21)27-25(32)30-15-5-14-28(16-17-30)23-11-6-19(26)18-22(23)24(31)29-12-3-2-4-13-29/h6-11,18H,2-5,12-17,26H2,1H3,(H,27,32). The van der Waals surface area contributed by atoms with Gasteiger partial charge in [0.1, 0.15) is 5.75 Å². The summed E-state index contributed by atoms with van der Waals surface area (Å²) < 4.78 is 5.17. The van der Waals surface area contributed by atoms with Gasteiger partial charge in [-0.25, -0.2) is 4.79 Å². The predicted octanol–water partition coefficient (Wildman–Crippen LogP) is 3.65. The third-order valence-corrected chi connectivity index (χ3v) is 6.36. The molecular formula is C25H33N5O3. The predicted molar refractivity (Wildman–Crippen MR) is 131 cm³/mol. The normalized spacial score (nSPS) is 16.8. The smallest absolute Gasteiger partial charge is 0.321 e. The first kappa shape index (κ1) is 22.8. The number of methoxy groups -OCH3 is 1. The number of carbonyl (C=O) groups excluding carboxylic acids is 2. The maximum absolute atomic E-state index is 13.3. The number of nitrogens with two attached hydrogens (primary N) is 1. The second-order valence-electron chi connectivity index (χ2n) is 8.62. The van der Waals surface area contributed by atoms with Crippen LogP contribution in [0, 0.1) is 0 Å². The first-order valence-corrected chi connectivity index (χ1v) is 11.7. The number of amides is 3. The van der Waals surface area contributed by atoms with Crippen LogP contribution in [0.5, 0.6) is 5.75 Å². The van der Waals surface area contributed by atoms with E-state index in [-0.39, 0.29) is 11.9 Å². The lowest BCUT2D eigenvalue weighted by Crippen LogP contribution is -2.39. The molecule has 2 aliphatic heterocycles. The molecule has 8 nitrogen and oxygen atoms in total. The number of rotatable bonds is 4. The van der Waals surface area contributed by atoms with E-state index in [4.69, 9.17) is 10.5 Å². The van der Waals surface area contributed by atoms with E-state index in [1.807, 2.05) is 46.2 Å². The fourth-order valence-electron chi connectivity index (χ4n) is 4.51. The van der Waals surface area contributed by atoms with Crippen LogP contribution in [0.15, 0.2) is 42.5 Å². The number of anilines is 3. The number of ether oxygens (including phenoxy) is 1. The van der Waals surface area contributed by atoms with Crippen molar-refractivity contribution in [1.82, 2.24) is 9.80 Å². The van der Waals surface area contributed by atoms with Crippen molar-refractivity contribution in [2.45, 2.75) is 25.7 Å². The molecule has 2 fully saturated rings. The molecule has 33 heavy (non-hydrogen) atoms. The van der Waals surface area contributed by atoms with Crippen molar-refractivity contribution in [3.8, 4) is 5.75 Å². The Balaban J connectivity index is 1.43. The second kappa shape index (κ2) is 10.5. The summed E-state index contributed by atoms with van der Waals surface area (Å²) in [6.45, 7) is 4.25. The summed E-state index contributed by atoms with van der Waals surface area (Å²) in [5.41, 5.74) is 8.93. The number of nitrogen functional groups attached to an aromatic ring is 1. The molecule has 8 heteroatoms.